The number of allylic oxidation sites excluding steroid dienone is 1. The van der Waals surface area contributed by atoms with Crippen LogP contribution in [0.15, 0.2) is 30.1 Å². The third-order valence-corrected chi connectivity index (χ3v) is 3.85. The molecule has 0 bridgehead atoms. The standard InChI is InChI=1S/C18H26N4O4/c1-6-8-19-15(23)14-13-12-20(17(25)26-18(3,4)5)10-11-21(13)16(24)22(14)9-7-2/h6-7H,1-2,8-12H2,3-5H3,(H,19,23). The van der Waals surface area contributed by atoms with E-state index in [2.05, 4.69) is 18.5 Å². The number of imidazole rings is 1. The number of aromatic nitrogens is 2. The Labute approximate surface area is 152 Å². The summed E-state index contributed by atoms with van der Waals surface area (Å²) in [6.45, 7) is 13.9. The molecule has 1 aliphatic rings. The van der Waals surface area contributed by atoms with Crippen molar-refractivity contribution in [2.45, 2.75) is 46.0 Å². The summed E-state index contributed by atoms with van der Waals surface area (Å²) < 4.78 is 8.31. The fraction of sp³-hybridized carbons (Fsp3) is 0.500. The molecule has 0 aliphatic carbocycles. The van der Waals surface area contributed by atoms with Gasteiger partial charge < -0.3 is 15.0 Å². The molecule has 0 atom stereocenters. The van der Waals surface area contributed by atoms with Crippen LogP contribution in [0.3, 0.4) is 0 Å². The number of fused-ring (bicyclic) bond motifs is 1. The monoisotopic (exact) mass is 362 g/mol. The van der Waals surface area contributed by atoms with Gasteiger partial charge in [0.05, 0.1) is 12.2 Å². The van der Waals surface area contributed by atoms with Crippen LogP contribution in [-0.4, -0.2) is 44.7 Å². The van der Waals surface area contributed by atoms with Gasteiger partial charge in [0, 0.05) is 26.2 Å². The minimum atomic E-state index is -0.618. The van der Waals surface area contributed by atoms with Gasteiger partial charge in [0.25, 0.3) is 5.91 Å². The van der Waals surface area contributed by atoms with Gasteiger partial charge in [0.2, 0.25) is 0 Å². The average Bonchev–Trinajstić information content (AvgIpc) is 2.83. The Morgan fingerprint density at radius 2 is 1.92 bits per heavy atom. The third-order valence-electron chi connectivity index (χ3n) is 3.85. The Balaban J connectivity index is 2.40. The highest BCUT2D eigenvalue weighted by molar-refractivity contribution is 5.94. The Morgan fingerprint density at radius 1 is 1.23 bits per heavy atom. The molecule has 0 spiro atoms. The zero-order valence-corrected chi connectivity index (χ0v) is 15.6. The number of hydrogen-bond donors (Lipinski definition) is 1. The van der Waals surface area contributed by atoms with Gasteiger partial charge in [0.15, 0.2) is 0 Å². The van der Waals surface area contributed by atoms with E-state index in [1.54, 1.807) is 32.9 Å². The van der Waals surface area contributed by atoms with Crippen LogP contribution in [0.5, 0.6) is 0 Å². The first-order valence-corrected chi connectivity index (χ1v) is 8.49. The molecule has 2 amide bonds. The van der Waals surface area contributed by atoms with E-state index in [1.165, 1.54) is 14.0 Å². The lowest BCUT2D eigenvalue weighted by Gasteiger charge is -2.30. The molecule has 142 valence electrons. The van der Waals surface area contributed by atoms with Gasteiger partial charge in [-0.25, -0.2) is 9.59 Å². The summed E-state index contributed by atoms with van der Waals surface area (Å²) >= 11 is 0. The van der Waals surface area contributed by atoms with Crippen molar-refractivity contribution in [1.82, 2.24) is 19.4 Å². The van der Waals surface area contributed by atoms with Gasteiger partial charge in [0.1, 0.15) is 11.3 Å². The van der Waals surface area contributed by atoms with E-state index in [4.69, 9.17) is 4.74 Å². The lowest BCUT2D eigenvalue weighted by Crippen LogP contribution is -2.43. The molecular weight excluding hydrogens is 336 g/mol. The quantitative estimate of drug-likeness (QED) is 0.805. The maximum atomic E-state index is 12.7. The molecule has 0 aromatic carbocycles. The molecule has 2 rings (SSSR count). The Morgan fingerprint density at radius 3 is 2.50 bits per heavy atom. The smallest absolute Gasteiger partial charge is 0.410 e. The summed E-state index contributed by atoms with van der Waals surface area (Å²) in [7, 11) is 0. The zero-order valence-electron chi connectivity index (χ0n) is 15.6. The molecule has 8 heteroatoms. The van der Waals surface area contributed by atoms with Crippen LogP contribution in [0.25, 0.3) is 0 Å². The van der Waals surface area contributed by atoms with Crippen LogP contribution >= 0.6 is 0 Å². The summed E-state index contributed by atoms with van der Waals surface area (Å²) in [6.07, 6.45) is 2.65. The van der Waals surface area contributed by atoms with Gasteiger partial charge in [-0.05, 0) is 20.8 Å². The predicted molar refractivity (Wildman–Crippen MR) is 98.1 cm³/mol. The average molecular weight is 362 g/mol. The lowest BCUT2D eigenvalue weighted by molar-refractivity contribution is 0.0196. The molecule has 0 radical (unpaired) electrons. The van der Waals surface area contributed by atoms with E-state index in [0.29, 0.717) is 18.8 Å². The molecule has 0 unspecified atom stereocenters. The highest BCUT2D eigenvalue weighted by Gasteiger charge is 2.32. The summed E-state index contributed by atoms with van der Waals surface area (Å²) in [5.41, 5.74) is -0.166. The van der Waals surface area contributed by atoms with E-state index < -0.39 is 11.7 Å². The summed E-state index contributed by atoms with van der Waals surface area (Å²) in [5, 5.41) is 2.69. The lowest BCUT2D eigenvalue weighted by atomic mass is 10.2. The summed E-state index contributed by atoms with van der Waals surface area (Å²) in [5.74, 6) is -0.386. The van der Waals surface area contributed by atoms with Crippen molar-refractivity contribution in [3.05, 3.63) is 47.2 Å². The molecule has 0 saturated carbocycles. The maximum Gasteiger partial charge on any atom is 0.410 e. The Hall–Kier alpha value is -2.77. The molecule has 2 heterocycles. The molecule has 26 heavy (non-hydrogen) atoms. The highest BCUT2D eigenvalue weighted by atomic mass is 16.6. The predicted octanol–water partition coefficient (Wildman–Crippen LogP) is 1.50. The number of carbonyl (C=O) groups is 2. The van der Waals surface area contributed by atoms with Crippen molar-refractivity contribution in [2.24, 2.45) is 0 Å². The van der Waals surface area contributed by atoms with Gasteiger partial charge in [-0.3, -0.25) is 13.9 Å². The van der Waals surface area contributed by atoms with Gasteiger partial charge in [-0.2, -0.15) is 0 Å². The SMILES string of the molecule is C=CCNC(=O)c1c2n(c(=O)n1CC=C)CCN(C(=O)OC(C)(C)C)C2. The van der Waals surface area contributed by atoms with Crippen molar-refractivity contribution in [1.29, 1.82) is 0 Å². The first-order valence-electron chi connectivity index (χ1n) is 8.49. The molecule has 0 saturated heterocycles. The number of carbonyl (C=O) groups excluding carboxylic acids is 2. The second-order valence-corrected chi connectivity index (χ2v) is 7.03. The van der Waals surface area contributed by atoms with Crippen LogP contribution in [0.4, 0.5) is 4.79 Å². The third kappa shape index (κ3) is 4.07. The number of rotatable bonds is 5. The first kappa shape index (κ1) is 19.6. The molecule has 1 aliphatic heterocycles. The van der Waals surface area contributed by atoms with Gasteiger partial charge in [-0.1, -0.05) is 12.2 Å². The Bertz CT molecular complexity index is 782. The fourth-order valence-electron chi connectivity index (χ4n) is 2.79. The Kier molecular flexibility index (Phi) is 5.74. The van der Waals surface area contributed by atoms with E-state index in [1.807, 2.05) is 0 Å². The number of ether oxygens (including phenoxy) is 1. The highest BCUT2D eigenvalue weighted by Crippen LogP contribution is 2.19. The van der Waals surface area contributed by atoms with Crippen LogP contribution < -0.4 is 11.0 Å². The minimum Gasteiger partial charge on any atom is -0.444 e. The minimum absolute atomic E-state index is 0.130. The number of amides is 2. The van der Waals surface area contributed by atoms with Crippen molar-refractivity contribution in [2.75, 3.05) is 13.1 Å². The van der Waals surface area contributed by atoms with E-state index in [0.717, 1.165) is 0 Å². The van der Waals surface area contributed by atoms with Crippen LogP contribution in [0.1, 0.15) is 37.0 Å². The van der Waals surface area contributed by atoms with Crippen molar-refractivity contribution >= 4 is 12.0 Å². The van der Waals surface area contributed by atoms with E-state index >= 15 is 0 Å². The van der Waals surface area contributed by atoms with Gasteiger partial charge in [-0.15, -0.1) is 13.2 Å². The summed E-state index contributed by atoms with van der Waals surface area (Å²) in [4.78, 5) is 39.1. The van der Waals surface area contributed by atoms with Crippen molar-refractivity contribution in [3.8, 4) is 0 Å². The molecule has 0 fully saturated rings. The number of hydrogen-bond acceptors (Lipinski definition) is 4. The first-order chi connectivity index (χ1) is 12.2. The van der Waals surface area contributed by atoms with Crippen LogP contribution in [-0.2, 0) is 24.4 Å². The van der Waals surface area contributed by atoms with Crippen LogP contribution in [0, 0.1) is 0 Å². The number of nitrogens with one attached hydrogen (secondary N) is 1. The topological polar surface area (TPSA) is 85.6 Å². The normalized spacial score (nSPS) is 13.7. The largest absolute Gasteiger partial charge is 0.444 e. The molecule has 8 nitrogen and oxygen atoms in total. The maximum absolute atomic E-state index is 12.7. The van der Waals surface area contributed by atoms with Gasteiger partial charge >= 0.3 is 11.8 Å². The molecule has 1 N–H and O–H groups in total. The van der Waals surface area contributed by atoms with E-state index in [-0.39, 0.29) is 36.9 Å². The number of nitrogens with zero attached hydrogens (tertiary/aromatic N) is 3. The van der Waals surface area contributed by atoms with E-state index in [9.17, 15) is 14.4 Å². The zero-order chi connectivity index (χ0) is 19.5. The second kappa shape index (κ2) is 7.63. The summed E-state index contributed by atoms with van der Waals surface area (Å²) in [6, 6.07) is 0. The van der Waals surface area contributed by atoms with Crippen molar-refractivity contribution < 1.29 is 14.3 Å². The van der Waals surface area contributed by atoms with Crippen molar-refractivity contribution in [3.63, 3.8) is 0 Å². The molecular formula is C18H26N4O4. The molecule has 1 aromatic rings. The molecule has 1 aromatic heterocycles. The fourth-order valence-corrected chi connectivity index (χ4v) is 2.79. The second-order valence-electron chi connectivity index (χ2n) is 7.03. The van der Waals surface area contributed by atoms with Crippen LogP contribution in [0.2, 0.25) is 0 Å².